The van der Waals surface area contributed by atoms with Gasteiger partial charge < -0.3 is 5.11 Å². The van der Waals surface area contributed by atoms with Crippen molar-refractivity contribution in [2.45, 2.75) is 13.0 Å². The van der Waals surface area contributed by atoms with E-state index in [2.05, 4.69) is 9.97 Å². The predicted octanol–water partition coefficient (Wildman–Crippen LogP) is 3.13. The predicted molar refractivity (Wildman–Crippen MR) is 89.3 cm³/mol. The van der Waals surface area contributed by atoms with E-state index in [4.69, 9.17) is 0 Å². The second-order valence-corrected chi connectivity index (χ2v) is 5.29. The summed E-state index contributed by atoms with van der Waals surface area (Å²) < 4.78 is 0. The minimum atomic E-state index is -0.429. The van der Waals surface area contributed by atoms with Crippen LogP contribution in [-0.4, -0.2) is 20.0 Å². The molecule has 3 rings (SSSR count). The summed E-state index contributed by atoms with van der Waals surface area (Å²) in [5.41, 5.74) is 3.18. The summed E-state index contributed by atoms with van der Waals surface area (Å²) in [4.78, 5) is 19.2. The molecule has 1 N–H and O–H groups in total. The summed E-state index contributed by atoms with van der Waals surface area (Å²) in [7, 11) is 0. The number of nitrogens with zero attached hydrogens (tertiary/aromatic N) is 3. The summed E-state index contributed by atoms with van der Waals surface area (Å²) in [6.45, 7) is -0.155. The molecule has 6 nitrogen and oxygen atoms in total. The van der Waals surface area contributed by atoms with Gasteiger partial charge in [0.1, 0.15) is 0 Å². The van der Waals surface area contributed by atoms with E-state index >= 15 is 0 Å². The van der Waals surface area contributed by atoms with Gasteiger partial charge in [-0.2, -0.15) is 0 Å². The Morgan fingerprint density at radius 1 is 1.04 bits per heavy atom. The van der Waals surface area contributed by atoms with Gasteiger partial charge >= 0.3 is 0 Å². The van der Waals surface area contributed by atoms with Crippen molar-refractivity contribution in [3.8, 4) is 11.4 Å². The van der Waals surface area contributed by atoms with E-state index in [1.54, 1.807) is 18.3 Å². The molecule has 0 bridgehead atoms. The average molecular weight is 321 g/mol. The largest absolute Gasteiger partial charge is 0.392 e. The molecule has 0 saturated carbocycles. The summed E-state index contributed by atoms with van der Waals surface area (Å²) >= 11 is 0. The van der Waals surface area contributed by atoms with Crippen molar-refractivity contribution in [2.24, 2.45) is 0 Å². The van der Waals surface area contributed by atoms with Crippen LogP contribution in [0.2, 0.25) is 0 Å². The zero-order valence-corrected chi connectivity index (χ0v) is 12.8. The van der Waals surface area contributed by atoms with Crippen LogP contribution in [0, 0.1) is 10.1 Å². The molecular formula is C18H15N3O3. The Kier molecular flexibility index (Phi) is 4.58. The average Bonchev–Trinajstić information content (AvgIpc) is 2.63. The van der Waals surface area contributed by atoms with E-state index in [0.29, 0.717) is 23.5 Å². The normalized spacial score (nSPS) is 10.5. The molecule has 3 aromatic rings. The van der Waals surface area contributed by atoms with Gasteiger partial charge in [-0.1, -0.05) is 42.5 Å². The fraction of sp³-hybridized carbons (Fsp3) is 0.111. The van der Waals surface area contributed by atoms with Crippen molar-refractivity contribution < 1.29 is 10.0 Å². The minimum Gasteiger partial charge on any atom is -0.392 e. The van der Waals surface area contributed by atoms with Crippen molar-refractivity contribution in [3.05, 3.63) is 87.7 Å². The highest BCUT2D eigenvalue weighted by molar-refractivity contribution is 5.55. The highest BCUT2D eigenvalue weighted by atomic mass is 16.6. The van der Waals surface area contributed by atoms with E-state index < -0.39 is 4.92 Å². The lowest BCUT2D eigenvalue weighted by molar-refractivity contribution is -0.384. The van der Waals surface area contributed by atoms with Crippen LogP contribution in [0.3, 0.4) is 0 Å². The molecule has 24 heavy (non-hydrogen) atoms. The molecule has 0 spiro atoms. The van der Waals surface area contributed by atoms with Gasteiger partial charge in [0, 0.05) is 35.9 Å². The molecule has 0 radical (unpaired) electrons. The number of aliphatic hydroxyl groups is 1. The summed E-state index contributed by atoms with van der Waals surface area (Å²) in [6, 6.07) is 15.9. The third-order valence-corrected chi connectivity index (χ3v) is 3.68. The molecule has 0 aliphatic rings. The number of hydrogen-bond donors (Lipinski definition) is 1. The van der Waals surface area contributed by atoms with E-state index in [1.807, 2.05) is 30.3 Å². The summed E-state index contributed by atoms with van der Waals surface area (Å²) in [5.74, 6) is 0.588. The second-order valence-electron chi connectivity index (χ2n) is 5.29. The molecule has 0 aliphatic carbocycles. The fourth-order valence-corrected chi connectivity index (χ4v) is 2.38. The lowest BCUT2D eigenvalue weighted by Gasteiger charge is -2.09. The third kappa shape index (κ3) is 3.44. The molecule has 0 unspecified atom stereocenters. The van der Waals surface area contributed by atoms with Gasteiger partial charge in [-0.15, -0.1) is 0 Å². The molecule has 0 saturated heterocycles. The molecule has 0 amide bonds. The molecule has 1 heterocycles. The first-order chi connectivity index (χ1) is 11.7. The Morgan fingerprint density at radius 2 is 1.75 bits per heavy atom. The molecule has 0 atom stereocenters. The van der Waals surface area contributed by atoms with E-state index in [9.17, 15) is 15.2 Å². The SMILES string of the molecule is O=[N+]([O-])c1ccc(Cc2nc(-c3ccccc3)ncc2CO)cc1. The highest BCUT2D eigenvalue weighted by Crippen LogP contribution is 2.20. The second kappa shape index (κ2) is 6.97. The van der Waals surface area contributed by atoms with Crippen molar-refractivity contribution in [2.75, 3.05) is 0 Å². The molecule has 6 heteroatoms. The third-order valence-electron chi connectivity index (χ3n) is 3.68. The zero-order valence-electron chi connectivity index (χ0n) is 12.8. The maximum Gasteiger partial charge on any atom is 0.269 e. The van der Waals surface area contributed by atoms with Crippen molar-refractivity contribution in [1.29, 1.82) is 0 Å². The lowest BCUT2D eigenvalue weighted by Crippen LogP contribution is -2.03. The van der Waals surface area contributed by atoms with E-state index in [0.717, 1.165) is 11.1 Å². The van der Waals surface area contributed by atoms with Crippen LogP contribution in [0.15, 0.2) is 60.8 Å². The zero-order chi connectivity index (χ0) is 16.9. The maximum absolute atomic E-state index is 10.7. The Morgan fingerprint density at radius 3 is 2.38 bits per heavy atom. The van der Waals surface area contributed by atoms with Gasteiger partial charge in [0.15, 0.2) is 5.82 Å². The topological polar surface area (TPSA) is 89.2 Å². The van der Waals surface area contributed by atoms with Crippen molar-refractivity contribution >= 4 is 5.69 Å². The first kappa shape index (κ1) is 15.8. The Bertz CT molecular complexity index is 849. The van der Waals surface area contributed by atoms with E-state index in [-0.39, 0.29) is 12.3 Å². The van der Waals surface area contributed by atoms with Crippen LogP contribution < -0.4 is 0 Å². The number of benzene rings is 2. The Labute approximate surface area is 138 Å². The lowest BCUT2D eigenvalue weighted by atomic mass is 10.1. The monoisotopic (exact) mass is 321 g/mol. The number of rotatable bonds is 5. The van der Waals surface area contributed by atoms with Gasteiger partial charge in [0.2, 0.25) is 0 Å². The Balaban J connectivity index is 1.92. The first-order valence-corrected chi connectivity index (χ1v) is 7.42. The standard InChI is InChI=1S/C18H15N3O3/c22-12-15-11-19-18(14-4-2-1-3-5-14)20-17(15)10-13-6-8-16(9-7-13)21(23)24/h1-9,11,22H,10,12H2. The molecular weight excluding hydrogens is 306 g/mol. The van der Waals surface area contributed by atoms with Gasteiger partial charge in [0.05, 0.1) is 17.2 Å². The summed E-state index contributed by atoms with van der Waals surface area (Å²) in [6.07, 6.45) is 2.09. The van der Waals surface area contributed by atoms with Gasteiger partial charge in [-0.05, 0) is 5.56 Å². The van der Waals surface area contributed by atoms with Crippen molar-refractivity contribution in [1.82, 2.24) is 9.97 Å². The maximum atomic E-state index is 10.7. The van der Waals surface area contributed by atoms with Crippen LogP contribution in [-0.2, 0) is 13.0 Å². The molecule has 2 aromatic carbocycles. The number of non-ortho nitro benzene ring substituents is 1. The van der Waals surface area contributed by atoms with Crippen LogP contribution in [0.5, 0.6) is 0 Å². The van der Waals surface area contributed by atoms with E-state index in [1.165, 1.54) is 12.1 Å². The van der Waals surface area contributed by atoms with Gasteiger partial charge in [-0.25, -0.2) is 9.97 Å². The highest BCUT2D eigenvalue weighted by Gasteiger charge is 2.10. The Hall–Kier alpha value is -3.12. The van der Waals surface area contributed by atoms with Crippen LogP contribution in [0.4, 0.5) is 5.69 Å². The van der Waals surface area contributed by atoms with Crippen LogP contribution >= 0.6 is 0 Å². The number of nitro groups is 1. The number of aromatic nitrogens is 2. The van der Waals surface area contributed by atoms with Crippen LogP contribution in [0.1, 0.15) is 16.8 Å². The minimum absolute atomic E-state index is 0.0498. The molecule has 0 aliphatic heterocycles. The molecule has 120 valence electrons. The molecule has 1 aromatic heterocycles. The first-order valence-electron chi connectivity index (χ1n) is 7.42. The van der Waals surface area contributed by atoms with Crippen LogP contribution in [0.25, 0.3) is 11.4 Å². The number of aliphatic hydroxyl groups excluding tert-OH is 1. The number of hydrogen-bond acceptors (Lipinski definition) is 5. The summed E-state index contributed by atoms with van der Waals surface area (Å²) in [5, 5.41) is 20.2. The molecule has 0 fully saturated rings. The quantitative estimate of drug-likeness (QED) is 0.576. The number of nitro benzene ring substituents is 1. The van der Waals surface area contributed by atoms with Crippen molar-refractivity contribution in [3.63, 3.8) is 0 Å². The van der Waals surface area contributed by atoms with Gasteiger partial charge in [-0.3, -0.25) is 10.1 Å². The van der Waals surface area contributed by atoms with Gasteiger partial charge in [0.25, 0.3) is 5.69 Å². The smallest absolute Gasteiger partial charge is 0.269 e. The fourth-order valence-electron chi connectivity index (χ4n) is 2.38.